The van der Waals surface area contributed by atoms with Crippen LogP contribution in [0.1, 0.15) is 22.0 Å². The van der Waals surface area contributed by atoms with Gasteiger partial charge in [-0.25, -0.2) is 8.42 Å². The highest BCUT2D eigenvalue weighted by Gasteiger charge is 2.31. The van der Waals surface area contributed by atoms with Crippen LogP contribution in [0.3, 0.4) is 0 Å². The topological polar surface area (TPSA) is 69.7 Å². The molecule has 4 rings (SSSR count). The summed E-state index contributed by atoms with van der Waals surface area (Å²) in [4.78, 5) is 17.5. The van der Waals surface area contributed by atoms with Crippen molar-refractivity contribution in [3.8, 4) is 0 Å². The second-order valence-electron chi connectivity index (χ2n) is 7.80. The molecule has 166 valence electrons. The Morgan fingerprint density at radius 3 is 2.44 bits per heavy atom. The zero-order chi connectivity index (χ0) is 22.7. The van der Waals surface area contributed by atoms with Crippen LogP contribution in [-0.4, -0.2) is 50.8 Å². The van der Waals surface area contributed by atoms with Crippen molar-refractivity contribution in [2.45, 2.75) is 10.9 Å². The summed E-state index contributed by atoms with van der Waals surface area (Å²) in [5.74, 6) is -0.193. The zero-order valence-electron chi connectivity index (χ0n) is 17.6. The average molecular weight is 470 g/mol. The Morgan fingerprint density at radius 2 is 1.69 bits per heavy atom. The van der Waals surface area contributed by atoms with E-state index in [1.165, 1.54) is 12.1 Å². The molecule has 1 unspecified atom stereocenters. The first-order valence-electron chi connectivity index (χ1n) is 10.3. The number of sulfonamides is 1. The molecule has 1 aliphatic rings. The lowest BCUT2D eigenvalue weighted by Gasteiger charge is -2.40. The Hall–Kier alpha value is -2.87. The van der Waals surface area contributed by atoms with Crippen molar-refractivity contribution in [3.63, 3.8) is 0 Å². The third kappa shape index (κ3) is 4.80. The number of para-hydroxylation sites is 1. The molecular weight excluding hydrogens is 446 g/mol. The van der Waals surface area contributed by atoms with Gasteiger partial charge < -0.3 is 9.80 Å². The van der Waals surface area contributed by atoms with Crippen LogP contribution < -0.4 is 4.72 Å². The van der Waals surface area contributed by atoms with Crippen molar-refractivity contribution in [1.29, 1.82) is 0 Å². The fraction of sp³-hybridized carbons (Fsp3) is 0.208. The minimum Gasteiger partial charge on any atom is -0.329 e. The van der Waals surface area contributed by atoms with Crippen molar-refractivity contribution in [1.82, 2.24) is 9.80 Å². The second-order valence-corrected chi connectivity index (χ2v) is 9.89. The van der Waals surface area contributed by atoms with E-state index in [4.69, 9.17) is 11.6 Å². The van der Waals surface area contributed by atoms with E-state index in [2.05, 4.69) is 9.62 Å². The third-order valence-electron chi connectivity index (χ3n) is 5.54. The first kappa shape index (κ1) is 22.3. The van der Waals surface area contributed by atoms with Crippen molar-refractivity contribution < 1.29 is 13.2 Å². The SMILES string of the molecule is CN1CCN(C(=O)c2cccc(S(=O)(=O)Nc3ccccc3Cl)c2)C(c2ccccc2)C1. The van der Waals surface area contributed by atoms with E-state index in [9.17, 15) is 13.2 Å². The molecule has 32 heavy (non-hydrogen) atoms. The molecule has 0 bridgehead atoms. The summed E-state index contributed by atoms with van der Waals surface area (Å²) < 4.78 is 28.4. The number of carbonyl (C=O) groups excluding carboxylic acids is 1. The molecule has 0 aromatic heterocycles. The van der Waals surface area contributed by atoms with E-state index < -0.39 is 10.0 Å². The van der Waals surface area contributed by atoms with Gasteiger partial charge in [-0.3, -0.25) is 9.52 Å². The summed E-state index contributed by atoms with van der Waals surface area (Å²) in [6, 6.07) is 22.5. The summed E-state index contributed by atoms with van der Waals surface area (Å²) in [5.41, 5.74) is 1.67. The molecule has 1 aliphatic heterocycles. The molecule has 1 amide bonds. The van der Waals surface area contributed by atoms with Gasteiger partial charge in [0.2, 0.25) is 0 Å². The fourth-order valence-corrected chi connectivity index (χ4v) is 5.20. The quantitative estimate of drug-likeness (QED) is 0.605. The lowest BCUT2D eigenvalue weighted by Crippen LogP contribution is -2.49. The van der Waals surface area contributed by atoms with Gasteiger partial charge in [-0.2, -0.15) is 0 Å². The van der Waals surface area contributed by atoms with Gasteiger partial charge in [0.25, 0.3) is 15.9 Å². The largest absolute Gasteiger partial charge is 0.329 e. The summed E-state index contributed by atoms with van der Waals surface area (Å²) in [6.07, 6.45) is 0. The maximum Gasteiger partial charge on any atom is 0.261 e. The summed E-state index contributed by atoms with van der Waals surface area (Å²) in [5, 5.41) is 0.298. The predicted molar refractivity (Wildman–Crippen MR) is 126 cm³/mol. The Labute approximate surface area is 193 Å². The number of nitrogens with zero attached hydrogens (tertiary/aromatic N) is 2. The van der Waals surface area contributed by atoms with Gasteiger partial charge in [-0.1, -0.05) is 60.1 Å². The van der Waals surface area contributed by atoms with Crippen molar-refractivity contribution in [2.75, 3.05) is 31.4 Å². The lowest BCUT2D eigenvalue weighted by atomic mass is 10.0. The smallest absolute Gasteiger partial charge is 0.261 e. The Kier molecular flexibility index (Phi) is 6.50. The van der Waals surface area contributed by atoms with E-state index in [0.717, 1.165) is 12.1 Å². The van der Waals surface area contributed by atoms with Crippen molar-refractivity contribution in [2.24, 2.45) is 0 Å². The van der Waals surface area contributed by atoms with Crippen molar-refractivity contribution >= 4 is 33.2 Å². The highest BCUT2D eigenvalue weighted by atomic mass is 35.5. The molecule has 3 aromatic rings. The number of nitrogens with one attached hydrogen (secondary N) is 1. The van der Waals surface area contributed by atoms with Gasteiger partial charge >= 0.3 is 0 Å². The van der Waals surface area contributed by atoms with Crippen LogP contribution in [0.15, 0.2) is 83.8 Å². The first-order valence-corrected chi connectivity index (χ1v) is 12.1. The van der Waals surface area contributed by atoms with E-state index in [0.29, 0.717) is 23.7 Å². The van der Waals surface area contributed by atoms with Gasteiger partial charge in [0.15, 0.2) is 0 Å². The maximum absolute atomic E-state index is 13.5. The summed E-state index contributed by atoms with van der Waals surface area (Å²) in [6.45, 7) is 2.02. The maximum atomic E-state index is 13.5. The molecule has 0 aliphatic carbocycles. The van der Waals surface area contributed by atoms with Crippen LogP contribution in [0.25, 0.3) is 0 Å². The van der Waals surface area contributed by atoms with Crippen LogP contribution in [0.5, 0.6) is 0 Å². The Morgan fingerprint density at radius 1 is 0.969 bits per heavy atom. The average Bonchev–Trinajstić information content (AvgIpc) is 2.81. The fourth-order valence-electron chi connectivity index (χ4n) is 3.83. The van der Waals surface area contributed by atoms with E-state index in [1.807, 2.05) is 42.3 Å². The molecule has 1 heterocycles. The molecule has 0 spiro atoms. The van der Waals surface area contributed by atoms with Crippen molar-refractivity contribution in [3.05, 3.63) is 95.0 Å². The molecule has 0 radical (unpaired) electrons. The Balaban J connectivity index is 1.62. The number of amides is 1. The molecule has 1 fully saturated rings. The number of benzene rings is 3. The molecule has 1 saturated heterocycles. The second kappa shape index (κ2) is 9.32. The van der Waals surface area contributed by atoms with Gasteiger partial charge in [-0.05, 0) is 42.9 Å². The highest BCUT2D eigenvalue weighted by molar-refractivity contribution is 7.92. The van der Waals surface area contributed by atoms with Crippen LogP contribution in [0.2, 0.25) is 5.02 Å². The summed E-state index contributed by atoms with van der Waals surface area (Å²) in [7, 11) is -1.88. The number of likely N-dealkylation sites (N-methyl/N-ethyl adjacent to an activating group) is 1. The van der Waals surface area contributed by atoms with E-state index in [1.54, 1.807) is 36.4 Å². The molecule has 3 aromatic carbocycles. The third-order valence-corrected chi connectivity index (χ3v) is 7.23. The minimum absolute atomic E-state index is 0.00802. The number of rotatable bonds is 5. The summed E-state index contributed by atoms with van der Waals surface area (Å²) >= 11 is 6.10. The van der Waals surface area contributed by atoms with Gasteiger partial charge in [0, 0.05) is 25.2 Å². The standard InChI is InChI=1S/C24H24ClN3O3S/c1-27-14-15-28(23(17-27)18-8-3-2-4-9-18)24(29)19-10-7-11-20(16-19)32(30,31)26-22-13-6-5-12-21(22)25/h2-13,16,23,26H,14-15,17H2,1H3. The van der Waals surface area contributed by atoms with Gasteiger partial charge in [0.1, 0.15) is 0 Å². The van der Waals surface area contributed by atoms with E-state index in [-0.39, 0.29) is 22.5 Å². The molecule has 0 saturated carbocycles. The normalized spacial score (nSPS) is 17.2. The number of halogens is 1. The monoisotopic (exact) mass is 469 g/mol. The van der Waals surface area contributed by atoms with Crippen LogP contribution in [-0.2, 0) is 10.0 Å². The van der Waals surface area contributed by atoms with E-state index >= 15 is 0 Å². The minimum atomic E-state index is -3.91. The highest BCUT2D eigenvalue weighted by Crippen LogP contribution is 2.28. The number of carbonyl (C=O) groups is 1. The molecule has 8 heteroatoms. The number of hydrogen-bond acceptors (Lipinski definition) is 4. The predicted octanol–water partition coefficient (Wildman–Crippen LogP) is 4.27. The number of piperazine rings is 1. The molecular formula is C24H24ClN3O3S. The number of anilines is 1. The first-order chi connectivity index (χ1) is 15.3. The lowest BCUT2D eigenvalue weighted by molar-refractivity contribution is 0.0498. The molecule has 6 nitrogen and oxygen atoms in total. The van der Waals surface area contributed by atoms with Crippen LogP contribution in [0, 0.1) is 0 Å². The molecule has 1 atom stereocenters. The number of hydrogen-bond donors (Lipinski definition) is 1. The zero-order valence-corrected chi connectivity index (χ0v) is 19.2. The van der Waals surface area contributed by atoms with Gasteiger partial charge in [-0.15, -0.1) is 0 Å². The van der Waals surface area contributed by atoms with Crippen LogP contribution in [0.4, 0.5) is 5.69 Å². The van der Waals surface area contributed by atoms with Gasteiger partial charge in [0.05, 0.1) is 21.6 Å². The molecule has 1 N–H and O–H groups in total. The Bertz CT molecular complexity index is 1220. The van der Waals surface area contributed by atoms with Crippen LogP contribution >= 0.6 is 11.6 Å².